The van der Waals surface area contributed by atoms with E-state index in [1.54, 1.807) is 30.3 Å². The third-order valence-corrected chi connectivity index (χ3v) is 4.10. The van der Waals surface area contributed by atoms with Crippen LogP contribution in [0.15, 0.2) is 48.5 Å². The first-order valence-electron chi connectivity index (χ1n) is 8.62. The number of primary amides is 1. The Hall–Kier alpha value is -3.62. The zero-order valence-electron chi connectivity index (χ0n) is 15.3. The van der Waals surface area contributed by atoms with Crippen LogP contribution in [0.3, 0.4) is 0 Å². The Morgan fingerprint density at radius 2 is 1.89 bits per heavy atom. The summed E-state index contributed by atoms with van der Waals surface area (Å²) < 4.78 is 13.8. The smallest absolute Gasteiger partial charge is 0.258 e. The highest BCUT2D eigenvalue weighted by molar-refractivity contribution is 6.04. The number of tetrazole rings is 1. The van der Waals surface area contributed by atoms with Crippen LogP contribution in [0.1, 0.15) is 30.2 Å². The molecule has 0 aliphatic rings. The molecule has 0 radical (unpaired) electrons. The van der Waals surface area contributed by atoms with E-state index in [4.69, 9.17) is 5.73 Å². The fraction of sp³-hybridized carbons (Fsp3) is 0.211. The molecule has 1 atom stereocenters. The minimum Gasteiger partial charge on any atom is -0.368 e. The molecule has 1 heterocycles. The van der Waals surface area contributed by atoms with Gasteiger partial charge in [0, 0.05) is 11.3 Å². The van der Waals surface area contributed by atoms with Crippen LogP contribution in [0.2, 0.25) is 0 Å². The lowest BCUT2D eigenvalue weighted by atomic mass is 10.1. The van der Waals surface area contributed by atoms with Gasteiger partial charge in [0.1, 0.15) is 5.82 Å². The third-order valence-electron chi connectivity index (χ3n) is 4.10. The number of halogens is 1. The summed E-state index contributed by atoms with van der Waals surface area (Å²) in [6.07, 6.45) is 0. The number of nitrogens with two attached hydrogens (primary N) is 1. The van der Waals surface area contributed by atoms with Crippen molar-refractivity contribution in [2.75, 3.05) is 5.32 Å². The zero-order valence-corrected chi connectivity index (χ0v) is 15.3. The van der Waals surface area contributed by atoms with E-state index in [0.717, 1.165) is 0 Å². The Balaban J connectivity index is 1.83. The lowest BCUT2D eigenvalue weighted by Crippen LogP contribution is -2.32. The number of aromatic nitrogens is 4. The van der Waals surface area contributed by atoms with Crippen molar-refractivity contribution in [3.05, 3.63) is 59.9 Å². The van der Waals surface area contributed by atoms with E-state index in [1.165, 1.54) is 23.0 Å². The van der Waals surface area contributed by atoms with Gasteiger partial charge in [0.05, 0.1) is 5.56 Å². The van der Waals surface area contributed by atoms with Crippen LogP contribution < -0.4 is 11.1 Å². The molecule has 1 aromatic heterocycles. The van der Waals surface area contributed by atoms with Gasteiger partial charge in [-0.3, -0.25) is 9.59 Å². The fourth-order valence-electron chi connectivity index (χ4n) is 2.75. The van der Waals surface area contributed by atoms with Crippen LogP contribution in [0, 0.1) is 11.7 Å². The molecule has 1 unspecified atom stereocenters. The van der Waals surface area contributed by atoms with E-state index in [1.807, 2.05) is 13.8 Å². The quantitative estimate of drug-likeness (QED) is 0.679. The molecule has 144 valence electrons. The van der Waals surface area contributed by atoms with Gasteiger partial charge in [0.15, 0.2) is 6.04 Å². The van der Waals surface area contributed by atoms with E-state index in [0.29, 0.717) is 11.3 Å². The summed E-state index contributed by atoms with van der Waals surface area (Å²) in [6, 6.07) is 11.7. The van der Waals surface area contributed by atoms with Crippen molar-refractivity contribution >= 4 is 17.5 Å². The van der Waals surface area contributed by atoms with Gasteiger partial charge in [-0.05, 0) is 35.4 Å². The topological polar surface area (TPSA) is 116 Å². The molecule has 0 saturated carbocycles. The van der Waals surface area contributed by atoms with Crippen molar-refractivity contribution in [2.24, 2.45) is 11.7 Å². The van der Waals surface area contributed by atoms with Gasteiger partial charge >= 0.3 is 0 Å². The molecule has 0 fully saturated rings. The van der Waals surface area contributed by atoms with Crippen molar-refractivity contribution in [1.29, 1.82) is 0 Å². The molecular formula is C19H19FN6O2. The Labute approximate surface area is 160 Å². The van der Waals surface area contributed by atoms with Crippen LogP contribution in [0.25, 0.3) is 11.4 Å². The first-order chi connectivity index (χ1) is 13.4. The monoisotopic (exact) mass is 382 g/mol. The first-order valence-corrected chi connectivity index (χ1v) is 8.62. The highest BCUT2D eigenvalue weighted by atomic mass is 19.1. The highest BCUT2D eigenvalue weighted by Gasteiger charge is 2.24. The molecule has 3 rings (SSSR count). The van der Waals surface area contributed by atoms with E-state index in [9.17, 15) is 14.0 Å². The van der Waals surface area contributed by atoms with Gasteiger partial charge in [-0.15, -0.1) is 10.2 Å². The number of hydrogen-bond acceptors (Lipinski definition) is 5. The molecule has 8 nitrogen and oxygen atoms in total. The maximum absolute atomic E-state index is 13.8. The molecule has 3 N–H and O–H groups in total. The molecule has 3 aromatic rings. The number of hydrogen-bond donors (Lipinski definition) is 2. The predicted molar refractivity (Wildman–Crippen MR) is 101 cm³/mol. The molecular weight excluding hydrogens is 363 g/mol. The van der Waals surface area contributed by atoms with Crippen LogP contribution in [0.5, 0.6) is 0 Å². The second kappa shape index (κ2) is 7.95. The molecule has 2 aromatic carbocycles. The number of carbonyl (C=O) groups excluding carboxylic acids is 2. The maximum atomic E-state index is 13.8. The number of nitrogens with zero attached hydrogens (tertiary/aromatic N) is 4. The summed E-state index contributed by atoms with van der Waals surface area (Å²) in [5.74, 6) is -1.56. The van der Waals surface area contributed by atoms with E-state index in [2.05, 4.69) is 20.7 Å². The normalized spacial score (nSPS) is 12.0. The molecule has 0 aliphatic carbocycles. The summed E-state index contributed by atoms with van der Waals surface area (Å²) in [4.78, 5) is 25.1. The maximum Gasteiger partial charge on any atom is 0.258 e. The van der Waals surface area contributed by atoms with E-state index >= 15 is 0 Å². The van der Waals surface area contributed by atoms with Crippen molar-refractivity contribution in [3.63, 3.8) is 0 Å². The second-order valence-electron chi connectivity index (χ2n) is 6.54. The van der Waals surface area contributed by atoms with Crippen LogP contribution in [-0.2, 0) is 4.79 Å². The van der Waals surface area contributed by atoms with Crippen molar-refractivity contribution in [2.45, 2.75) is 19.9 Å². The fourth-order valence-corrected chi connectivity index (χ4v) is 2.75. The lowest BCUT2D eigenvalue weighted by Gasteiger charge is -2.14. The number of anilines is 1. The van der Waals surface area contributed by atoms with Gasteiger partial charge < -0.3 is 11.1 Å². The van der Waals surface area contributed by atoms with Crippen molar-refractivity contribution < 1.29 is 14.0 Å². The molecule has 0 bridgehead atoms. The summed E-state index contributed by atoms with van der Waals surface area (Å²) in [5.41, 5.74) is 6.38. The summed E-state index contributed by atoms with van der Waals surface area (Å²) in [5, 5.41) is 14.8. The molecule has 0 spiro atoms. The van der Waals surface area contributed by atoms with Gasteiger partial charge in [0.25, 0.3) is 5.91 Å². The molecule has 28 heavy (non-hydrogen) atoms. The van der Waals surface area contributed by atoms with Gasteiger partial charge in [-0.1, -0.05) is 38.1 Å². The predicted octanol–water partition coefficient (Wildman–Crippen LogP) is 2.41. The third kappa shape index (κ3) is 4.03. The Bertz CT molecular complexity index is 1020. The van der Waals surface area contributed by atoms with Crippen molar-refractivity contribution in [1.82, 2.24) is 20.2 Å². The number of amides is 2. The second-order valence-corrected chi connectivity index (χ2v) is 6.54. The number of nitrogens with one attached hydrogen (secondary N) is 1. The minimum absolute atomic E-state index is 0.0572. The largest absolute Gasteiger partial charge is 0.368 e. The number of benzene rings is 2. The average Bonchev–Trinajstić information content (AvgIpc) is 3.11. The van der Waals surface area contributed by atoms with Crippen LogP contribution in [-0.4, -0.2) is 32.0 Å². The van der Waals surface area contributed by atoms with Crippen LogP contribution >= 0.6 is 0 Å². The molecule has 0 saturated heterocycles. The van der Waals surface area contributed by atoms with Crippen LogP contribution in [0.4, 0.5) is 10.1 Å². The van der Waals surface area contributed by atoms with Gasteiger partial charge in [0.2, 0.25) is 11.7 Å². The minimum atomic E-state index is -0.717. The highest BCUT2D eigenvalue weighted by Crippen LogP contribution is 2.21. The standard InChI is InChI=1S/C19H19FN6O2/c1-11(2)16(17(21)27)26-24-18(23-25-26)12-6-5-7-13(10-12)22-19(28)14-8-3-4-9-15(14)20/h3-11,16H,1-2H3,(H2,21,27)(H,22,28). The van der Waals surface area contributed by atoms with Crippen molar-refractivity contribution in [3.8, 4) is 11.4 Å². The Kier molecular flexibility index (Phi) is 5.44. The zero-order chi connectivity index (χ0) is 20.3. The van der Waals surface area contributed by atoms with Gasteiger partial charge in [-0.25, -0.2) is 4.39 Å². The Morgan fingerprint density at radius 3 is 2.57 bits per heavy atom. The summed E-state index contributed by atoms with van der Waals surface area (Å²) >= 11 is 0. The molecule has 0 aliphatic heterocycles. The number of rotatable bonds is 6. The lowest BCUT2D eigenvalue weighted by molar-refractivity contribution is -0.123. The first kappa shape index (κ1) is 19.2. The average molecular weight is 382 g/mol. The van der Waals surface area contributed by atoms with E-state index < -0.39 is 23.7 Å². The molecule has 2 amide bonds. The van der Waals surface area contributed by atoms with Gasteiger partial charge in [-0.2, -0.15) is 4.80 Å². The molecule has 9 heteroatoms. The number of carbonyl (C=O) groups is 2. The Morgan fingerprint density at radius 1 is 1.14 bits per heavy atom. The summed E-state index contributed by atoms with van der Waals surface area (Å²) in [6.45, 7) is 3.66. The van der Waals surface area contributed by atoms with E-state index in [-0.39, 0.29) is 17.3 Å². The SMILES string of the molecule is CC(C)C(C(N)=O)n1nnc(-c2cccc(NC(=O)c3ccccc3F)c2)n1. The summed E-state index contributed by atoms with van der Waals surface area (Å²) in [7, 11) is 0.